The van der Waals surface area contributed by atoms with Crippen molar-refractivity contribution in [3.63, 3.8) is 0 Å². The van der Waals surface area contributed by atoms with Gasteiger partial charge in [-0.2, -0.15) is 5.26 Å². The lowest BCUT2D eigenvalue weighted by Crippen LogP contribution is -2.40. The van der Waals surface area contributed by atoms with Gasteiger partial charge in [0.15, 0.2) is 0 Å². The number of carbonyl (C=O) groups excluding carboxylic acids is 1. The van der Waals surface area contributed by atoms with Crippen LogP contribution < -0.4 is 10.3 Å². The zero-order chi connectivity index (χ0) is 29.1. The van der Waals surface area contributed by atoms with Gasteiger partial charge in [-0.25, -0.2) is 0 Å². The number of carbonyl (C=O) groups is 1. The van der Waals surface area contributed by atoms with Gasteiger partial charge in [-0.05, 0) is 75.5 Å². The summed E-state index contributed by atoms with van der Waals surface area (Å²) in [6.45, 7) is 10.5. The molecule has 3 heterocycles. The number of aromatic nitrogens is 2. The number of amides is 1. The van der Waals surface area contributed by atoms with E-state index < -0.39 is 0 Å². The molecule has 0 fully saturated rings. The molecule has 40 heavy (non-hydrogen) atoms. The Morgan fingerprint density at radius 3 is 2.60 bits per heavy atom. The van der Waals surface area contributed by atoms with E-state index in [1.54, 1.807) is 13.1 Å². The summed E-state index contributed by atoms with van der Waals surface area (Å²) in [6, 6.07) is 7.71. The summed E-state index contributed by atoms with van der Waals surface area (Å²) in [7, 11) is 3.77. The average molecular weight is 562 g/mol. The second kappa shape index (κ2) is 12.2. The van der Waals surface area contributed by atoms with Crippen LogP contribution in [0.3, 0.4) is 0 Å². The molecule has 3 aromatic rings. The van der Waals surface area contributed by atoms with Crippen LogP contribution in [0.15, 0.2) is 35.4 Å². The Labute approximate surface area is 240 Å². The summed E-state index contributed by atoms with van der Waals surface area (Å²) in [5.41, 5.74) is 5.98. The van der Waals surface area contributed by atoms with Gasteiger partial charge in [0.05, 0.1) is 18.3 Å². The monoisotopic (exact) mass is 561 g/mol. The zero-order valence-corrected chi connectivity index (χ0v) is 24.8. The average Bonchev–Trinajstić information content (AvgIpc) is 2.96. The first-order chi connectivity index (χ1) is 19.1. The van der Waals surface area contributed by atoms with Crippen LogP contribution in [0.25, 0.3) is 11.1 Å². The minimum atomic E-state index is -0.320. The molecule has 0 bridgehead atoms. The maximum Gasteiger partial charge on any atom is 0.269 e. The number of halogens is 1. The van der Waals surface area contributed by atoms with Crippen LogP contribution in [0.2, 0.25) is 5.02 Å². The summed E-state index contributed by atoms with van der Waals surface area (Å²) in [6.07, 6.45) is 4.74. The highest BCUT2D eigenvalue weighted by Gasteiger charge is 2.32. The quantitative estimate of drug-likeness (QED) is 0.368. The molecule has 2 aromatic heterocycles. The Morgan fingerprint density at radius 2 is 1.93 bits per heavy atom. The van der Waals surface area contributed by atoms with Gasteiger partial charge in [0, 0.05) is 49.7 Å². The minimum Gasteiger partial charge on any atom is -0.492 e. The molecule has 0 saturated heterocycles. The van der Waals surface area contributed by atoms with Gasteiger partial charge in [-0.15, -0.1) is 0 Å². The topological polar surface area (TPSA) is 91.5 Å². The van der Waals surface area contributed by atoms with Crippen LogP contribution in [0.5, 0.6) is 5.75 Å². The van der Waals surface area contributed by atoms with E-state index in [0.717, 1.165) is 41.8 Å². The molecule has 1 aliphatic heterocycles. The molecule has 210 valence electrons. The van der Waals surface area contributed by atoms with Crippen molar-refractivity contribution in [3.05, 3.63) is 79.5 Å². The number of aryl methyl sites for hydroxylation is 1. The van der Waals surface area contributed by atoms with E-state index in [4.69, 9.17) is 16.3 Å². The Morgan fingerprint density at radius 1 is 1.20 bits per heavy atom. The van der Waals surface area contributed by atoms with Crippen LogP contribution in [-0.2, 0) is 19.9 Å². The number of rotatable bonds is 9. The lowest BCUT2D eigenvalue weighted by atomic mass is 9.86. The third-order valence-electron chi connectivity index (χ3n) is 7.78. The Kier molecular flexibility index (Phi) is 8.97. The predicted octanol–water partition coefficient (Wildman–Crippen LogP) is 4.93. The zero-order valence-electron chi connectivity index (χ0n) is 24.0. The van der Waals surface area contributed by atoms with Crippen LogP contribution in [-0.4, -0.2) is 58.5 Å². The van der Waals surface area contributed by atoms with E-state index in [-0.39, 0.29) is 22.5 Å². The Bertz CT molecular complexity index is 1540. The number of fused-ring (bicyclic) bond motifs is 1. The molecular formula is C31H36ClN5O3. The molecule has 1 unspecified atom stereocenters. The summed E-state index contributed by atoms with van der Waals surface area (Å²) in [5.74, 6) is 0.400. The third-order valence-corrected chi connectivity index (χ3v) is 8.23. The van der Waals surface area contributed by atoms with Crippen molar-refractivity contribution in [2.24, 2.45) is 7.05 Å². The molecule has 1 aromatic carbocycles. The highest BCUT2D eigenvalue weighted by atomic mass is 35.5. The fraction of sp³-hybridized carbons (Fsp3) is 0.419. The van der Waals surface area contributed by atoms with Crippen molar-refractivity contribution in [2.75, 3.05) is 33.3 Å². The Balaban J connectivity index is 1.80. The molecule has 0 aliphatic carbocycles. The second-order valence-electron chi connectivity index (χ2n) is 10.3. The number of ether oxygens (including phenoxy) is 1. The first-order valence-electron chi connectivity index (χ1n) is 13.6. The second-order valence-corrected chi connectivity index (χ2v) is 10.7. The van der Waals surface area contributed by atoms with Gasteiger partial charge in [0.1, 0.15) is 22.4 Å². The van der Waals surface area contributed by atoms with E-state index in [2.05, 4.69) is 36.0 Å². The van der Waals surface area contributed by atoms with Crippen LogP contribution in [0.1, 0.15) is 65.1 Å². The molecule has 9 heteroatoms. The van der Waals surface area contributed by atoms with Gasteiger partial charge < -0.3 is 19.1 Å². The minimum absolute atomic E-state index is 0.0709. The molecule has 0 radical (unpaired) electrons. The highest BCUT2D eigenvalue weighted by molar-refractivity contribution is 6.31. The van der Waals surface area contributed by atoms with E-state index in [1.165, 1.54) is 10.8 Å². The molecule has 0 spiro atoms. The van der Waals surface area contributed by atoms with Crippen molar-refractivity contribution in [1.82, 2.24) is 19.4 Å². The predicted molar refractivity (Wildman–Crippen MR) is 157 cm³/mol. The lowest BCUT2D eigenvalue weighted by Gasteiger charge is -2.35. The molecule has 1 atom stereocenters. The number of nitrogens with zero attached hydrogens (tertiary/aromatic N) is 5. The summed E-state index contributed by atoms with van der Waals surface area (Å²) in [4.78, 5) is 35.1. The smallest absolute Gasteiger partial charge is 0.269 e. The maximum absolute atomic E-state index is 14.1. The van der Waals surface area contributed by atoms with E-state index >= 15 is 0 Å². The fourth-order valence-corrected chi connectivity index (χ4v) is 5.40. The van der Waals surface area contributed by atoms with E-state index in [9.17, 15) is 14.9 Å². The normalized spacial score (nSPS) is 13.8. The largest absolute Gasteiger partial charge is 0.492 e. The van der Waals surface area contributed by atoms with Gasteiger partial charge in [-0.3, -0.25) is 14.6 Å². The Hall–Kier alpha value is -3.67. The van der Waals surface area contributed by atoms with Crippen LogP contribution in [0.4, 0.5) is 0 Å². The number of benzene rings is 1. The van der Waals surface area contributed by atoms with Gasteiger partial charge >= 0.3 is 0 Å². The van der Waals surface area contributed by atoms with Crippen molar-refractivity contribution in [3.8, 4) is 22.9 Å². The standard InChI is InChI=1S/C31H36ClN5O3/c1-7-35(5)11-9-21-13-24(26-18-36(6)31(39)29(32)19(26)3)23-10-12-37(30(38)25(23)14-21)20(4)27-15-28(40-8-2)22(16-33)17-34-27/h13-15,17-18,20H,7-12H2,1-6H3. The highest BCUT2D eigenvalue weighted by Crippen LogP contribution is 2.37. The molecule has 4 rings (SSSR count). The number of pyridine rings is 2. The molecule has 1 amide bonds. The third kappa shape index (κ3) is 5.63. The van der Waals surface area contributed by atoms with E-state index in [1.807, 2.05) is 37.9 Å². The number of likely N-dealkylation sites (N-methyl/N-ethyl adjacent to an activating group) is 1. The summed E-state index contributed by atoms with van der Waals surface area (Å²) < 4.78 is 7.16. The number of hydrogen-bond acceptors (Lipinski definition) is 6. The lowest BCUT2D eigenvalue weighted by molar-refractivity contribution is 0.0669. The summed E-state index contributed by atoms with van der Waals surface area (Å²) >= 11 is 6.45. The summed E-state index contributed by atoms with van der Waals surface area (Å²) in [5, 5.41) is 9.61. The van der Waals surface area contributed by atoms with Crippen molar-refractivity contribution in [1.29, 1.82) is 5.26 Å². The first-order valence-corrected chi connectivity index (χ1v) is 14.0. The van der Waals surface area contributed by atoms with Crippen molar-refractivity contribution >= 4 is 17.5 Å². The van der Waals surface area contributed by atoms with Gasteiger partial charge in [0.2, 0.25) is 0 Å². The molecule has 0 N–H and O–H groups in total. The molecule has 0 saturated carbocycles. The first kappa shape index (κ1) is 29.3. The molecule has 1 aliphatic rings. The SMILES string of the molecule is CCOc1cc(C(C)N2CCc3c(cc(CCN(C)CC)cc3-c3cn(C)c(=O)c(Cl)c3C)C2=O)ncc1C#N. The number of hydrogen-bond donors (Lipinski definition) is 0. The van der Waals surface area contributed by atoms with Crippen molar-refractivity contribution < 1.29 is 9.53 Å². The van der Waals surface area contributed by atoms with Crippen LogP contribution >= 0.6 is 11.6 Å². The van der Waals surface area contributed by atoms with Gasteiger partial charge in [0.25, 0.3) is 11.5 Å². The fourth-order valence-electron chi connectivity index (χ4n) is 5.17. The van der Waals surface area contributed by atoms with Gasteiger partial charge in [-0.1, -0.05) is 24.6 Å². The van der Waals surface area contributed by atoms with Crippen LogP contribution in [0, 0.1) is 18.3 Å². The molecular weight excluding hydrogens is 526 g/mol. The molecule has 8 nitrogen and oxygen atoms in total. The van der Waals surface area contributed by atoms with Crippen molar-refractivity contribution in [2.45, 2.75) is 46.6 Å². The number of nitriles is 1. The van der Waals surface area contributed by atoms with E-state index in [0.29, 0.717) is 47.7 Å². The maximum atomic E-state index is 14.1.